The van der Waals surface area contributed by atoms with Gasteiger partial charge in [-0.2, -0.15) is 13.2 Å². The van der Waals surface area contributed by atoms with E-state index in [2.05, 4.69) is 0 Å². The first-order valence-corrected chi connectivity index (χ1v) is 8.00. The fourth-order valence-electron chi connectivity index (χ4n) is 3.48. The van der Waals surface area contributed by atoms with Gasteiger partial charge >= 0.3 is 6.18 Å². The van der Waals surface area contributed by atoms with Gasteiger partial charge in [-0.05, 0) is 38.5 Å². The second-order valence-corrected chi connectivity index (χ2v) is 6.43. The zero-order valence-corrected chi connectivity index (χ0v) is 12.9. The number of amides is 1. The number of hydrogen-bond acceptors (Lipinski definition) is 3. The van der Waals surface area contributed by atoms with E-state index in [1.165, 1.54) is 6.92 Å². The van der Waals surface area contributed by atoms with Gasteiger partial charge in [-0.1, -0.05) is 0 Å². The summed E-state index contributed by atoms with van der Waals surface area (Å²) >= 11 is 0. The van der Waals surface area contributed by atoms with Crippen LogP contribution in [0.5, 0.6) is 0 Å². The molecule has 1 aliphatic heterocycles. The van der Waals surface area contributed by atoms with Gasteiger partial charge in [0.15, 0.2) is 0 Å². The number of rotatable bonds is 3. The van der Waals surface area contributed by atoms with Crippen LogP contribution in [-0.2, 0) is 9.53 Å². The minimum absolute atomic E-state index is 0.0236. The Morgan fingerprint density at radius 3 is 2.41 bits per heavy atom. The van der Waals surface area contributed by atoms with E-state index in [9.17, 15) is 18.0 Å². The lowest BCUT2D eigenvalue weighted by Crippen LogP contribution is -2.56. The first kappa shape index (κ1) is 17.5. The molecule has 0 aromatic rings. The number of carbonyl (C=O) groups excluding carboxylic acids is 1. The van der Waals surface area contributed by atoms with Gasteiger partial charge in [0.2, 0.25) is 5.91 Å². The summed E-state index contributed by atoms with van der Waals surface area (Å²) < 4.78 is 43.7. The van der Waals surface area contributed by atoms with Crippen molar-refractivity contribution < 1.29 is 22.7 Å². The zero-order chi connectivity index (χ0) is 16.3. The SMILES string of the molecule is CC(=O)N1CCC[C@H](N)[C@@H]1COC1CCC(C(F)(F)F)CC1. The maximum atomic E-state index is 12.6. The summed E-state index contributed by atoms with van der Waals surface area (Å²) in [6, 6.07) is -0.282. The number of carbonyl (C=O) groups is 1. The summed E-state index contributed by atoms with van der Waals surface area (Å²) in [6.07, 6.45) is -1.42. The molecule has 22 heavy (non-hydrogen) atoms. The van der Waals surface area contributed by atoms with Gasteiger partial charge < -0.3 is 15.4 Å². The van der Waals surface area contributed by atoms with E-state index in [1.54, 1.807) is 4.90 Å². The van der Waals surface area contributed by atoms with Crippen molar-refractivity contribution in [2.24, 2.45) is 11.7 Å². The average Bonchev–Trinajstić information content (AvgIpc) is 2.45. The number of piperidine rings is 1. The van der Waals surface area contributed by atoms with Crippen LogP contribution in [0.15, 0.2) is 0 Å². The molecule has 0 aromatic carbocycles. The topological polar surface area (TPSA) is 55.6 Å². The first-order chi connectivity index (χ1) is 10.3. The molecule has 7 heteroatoms. The molecule has 0 radical (unpaired) electrons. The van der Waals surface area contributed by atoms with Crippen molar-refractivity contribution in [2.45, 2.75) is 69.8 Å². The maximum Gasteiger partial charge on any atom is 0.391 e. The van der Waals surface area contributed by atoms with Gasteiger partial charge in [0.1, 0.15) is 0 Å². The largest absolute Gasteiger partial charge is 0.391 e. The highest BCUT2D eigenvalue weighted by molar-refractivity contribution is 5.73. The van der Waals surface area contributed by atoms with Gasteiger partial charge in [-0.3, -0.25) is 4.79 Å². The molecule has 2 fully saturated rings. The fourth-order valence-corrected chi connectivity index (χ4v) is 3.48. The Morgan fingerprint density at radius 2 is 1.86 bits per heavy atom. The second-order valence-electron chi connectivity index (χ2n) is 6.43. The standard InChI is InChI=1S/C15H25F3N2O2/c1-10(21)20-8-2-3-13(19)14(20)9-22-12-6-4-11(5-7-12)15(16,17)18/h11-14H,2-9,19H2,1H3/t11?,12?,13-,14-/m0/s1. The molecule has 2 N–H and O–H groups in total. The molecule has 2 rings (SSSR count). The molecule has 1 saturated heterocycles. The van der Waals surface area contributed by atoms with Crippen molar-refractivity contribution in [3.63, 3.8) is 0 Å². The number of likely N-dealkylation sites (tertiary alicyclic amines) is 1. The average molecular weight is 322 g/mol. The summed E-state index contributed by atoms with van der Waals surface area (Å²) in [7, 11) is 0. The molecular formula is C15H25F3N2O2. The van der Waals surface area contributed by atoms with Crippen LogP contribution in [0.4, 0.5) is 13.2 Å². The molecule has 4 nitrogen and oxygen atoms in total. The Labute approximate surface area is 129 Å². The quantitative estimate of drug-likeness (QED) is 0.868. The Morgan fingerprint density at radius 1 is 1.23 bits per heavy atom. The van der Waals surface area contributed by atoms with Crippen molar-refractivity contribution >= 4 is 5.91 Å². The lowest BCUT2D eigenvalue weighted by molar-refractivity contribution is -0.188. The lowest BCUT2D eigenvalue weighted by Gasteiger charge is -2.40. The van der Waals surface area contributed by atoms with E-state index in [4.69, 9.17) is 10.5 Å². The van der Waals surface area contributed by atoms with Gasteiger partial charge in [0.05, 0.1) is 24.7 Å². The summed E-state index contributed by atoms with van der Waals surface area (Å²) in [6.45, 7) is 2.51. The molecular weight excluding hydrogens is 297 g/mol. The van der Waals surface area contributed by atoms with E-state index < -0.39 is 12.1 Å². The number of alkyl halides is 3. The molecule has 1 saturated carbocycles. The lowest BCUT2D eigenvalue weighted by atomic mass is 9.87. The molecule has 2 aliphatic rings. The second kappa shape index (κ2) is 7.17. The van der Waals surface area contributed by atoms with E-state index >= 15 is 0 Å². The molecule has 2 atom stereocenters. The highest BCUT2D eigenvalue weighted by Gasteiger charge is 2.42. The van der Waals surface area contributed by atoms with Gasteiger partial charge in [-0.15, -0.1) is 0 Å². The number of nitrogens with zero attached hydrogens (tertiary/aromatic N) is 1. The number of ether oxygens (including phenoxy) is 1. The van der Waals surface area contributed by atoms with Crippen LogP contribution >= 0.6 is 0 Å². The molecule has 1 heterocycles. The molecule has 1 amide bonds. The predicted octanol–water partition coefficient (Wildman–Crippen LogP) is 2.46. The van der Waals surface area contributed by atoms with E-state index in [0.717, 1.165) is 12.8 Å². The molecule has 0 spiro atoms. The van der Waals surface area contributed by atoms with Crippen molar-refractivity contribution in [3.05, 3.63) is 0 Å². The summed E-state index contributed by atoms with van der Waals surface area (Å²) in [5, 5.41) is 0. The molecule has 0 unspecified atom stereocenters. The predicted molar refractivity (Wildman–Crippen MR) is 76.1 cm³/mol. The van der Waals surface area contributed by atoms with Crippen LogP contribution < -0.4 is 5.73 Å². The Balaban J connectivity index is 1.81. The highest BCUT2D eigenvalue weighted by Crippen LogP contribution is 2.38. The monoisotopic (exact) mass is 322 g/mol. The van der Waals surface area contributed by atoms with Crippen LogP contribution in [0.25, 0.3) is 0 Å². The van der Waals surface area contributed by atoms with Gasteiger partial charge in [-0.25, -0.2) is 0 Å². The number of hydrogen-bond donors (Lipinski definition) is 1. The highest BCUT2D eigenvalue weighted by atomic mass is 19.4. The Hall–Kier alpha value is -0.820. The minimum Gasteiger partial charge on any atom is -0.376 e. The van der Waals surface area contributed by atoms with Crippen LogP contribution in [0.2, 0.25) is 0 Å². The maximum absolute atomic E-state index is 12.6. The van der Waals surface area contributed by atoms with Gasteiger partial charge in [0, 0.05) is 19.5 Å². The molecule has 1 aliphatic carbocycles. The number of nitrogens with two attached hydrogens (primary N) is 1. The van der Waals surface area contributed by atoms with Crippen LogP contribution in [0.3, 0.4) is 0 Å². The van der Waals surface area contributed by atoms with Crippen LogP contribution in [-0.4, -0.2) is 48.3 Å². The third kappa shape index (κ3) is 4.35. The molecule has 0 aromatic heterocycles. The normalized spacial score (nSPS) is 33.8. The Bertz CT molecular complexity index is 381. The molecule has 128 valence electrons. The summed E-state index contributed by atoms with van der Waals surface area (Å²) in [5.41, 5.74) is 6.08. The summed E-state index contributed by atoms with van der Waals surface area (Å²) in [4.78, 5) is 13.4. The smallest absolute Gasteiger partial charge is 0.376 e. The third-order valence-electron chi connectivity index (χ3n) is 4.88. The third-order valence-corrected chi connectivity index (χ3v) is 4.88. The first-order valence-electron chi connectivity index (χ1n) is 8.00. The van der Waals surface area contributed by atoms with E-state index in [1.807, 2.05) is 0 Å². The van der Waals surface area contributed by atoms with Crippen molar-refractivity contribution in [3.8, 4) is 0 Å². The fraction of sp³-hybridized carbons (Fsp3) is 0.933. The van der Waals surface area contributed by atoms with E-state index in [0.29, 0.717) is 26.0 Å². The number of halogens is 3. The Kier molecular flexibility index (Phi) is 5.71. The zero-order valence-electron chi connectivity index (χ0n) is 12.9. The van der Waals surface area contributed by atoms with E-state index in [-0.39, 0.29) is 36.9 Å². The van der Waals surface area contributed by atoms with Crippen molar-refractivity contribution in [2.75, 3.05) is 13.2 Å². The van der Waals surface area contributed by atoms with Gasteiger partial charge in [0.25, 0.3) is 0 Å². The minimum atomic E-state index is -4.10. The summed E-state index contributed by atoms with van der Waals surface area (Å²) in [5.74, 6) is -1.22. The van der Waals surface area contributed by atoms with Crippen LogP contribution in [0, 0.1) is 5.92 Å². The van der Waals surface area contributed by atoms with Crippen LogP contribution in [0.1, 0.15) is 45.4 Å². The van der Waals surface area contributed by atoms with Crippen molar-refractivity contribution in [1.29, 1.82) is 0 Å². The molecule has 0 bridgehead atoms. The van der Waals surface area contributed by atoms with Crippen molar-refractivity contribution in [1.82, 2.24) is 4.90 Å².